The van der Waals surface area contributed by atoms with E-state index in [1.165, 1.54) is 21.1 Å². The third kappa shape index (κ3) is 5.05. The largest absolute Gasteiger partial charge is 0.468 e. The Morgan fingerprint density at radius 1 is 0.943 bits per heavy atom. The van der Waals surface area contributed by atoms with Gasteiger partial charge in [-0.1, -0.05) is 66.7 Å². The van der Waals surface area contributed by atoms with Gasteiger partial charge in [-0.2, -0.15) is 0 Å². The summed E-state index contributed by atoms with van der Waals surface area (Å²) in [6.45, 7) is 1.47. The fourth-order valence-corrected chi connectivity index (χ4v) is 4.84. The lowest BCUT2D eigenvalue weighted by atomic mass is 9.85. The highest BCUT2D eigenvalue weighted by molar-refractivity contribution is 5.87. The van der Waals surface area contributed by atoms with Gasteiger partial charge >= 0.3 is 17.9 Å². The fourth-order valence-electron chi connectivity index (χ4n) is 4.84. The highest BCUT2D eigenvalue weighted by Gasteiger charge is 2.54. The van der Waals surface area contributed by atoms with Crippen molar-refractivity contribution in [2.45, 2.75) is 37.5 Å². The van der Waals surface area contributed by atoms with Gasteiger partial charge in [0.15, 0.2) is 6.10 Å². The SMILES string of the molecule is COC(=O)[C@H](C)OC(=O)[C@@H]1C[C@](Cc2ccccc2)(C(=O)OC)N[C@@H]1c1ccc2ccccc2c1. The first-order chi connectivity index (χ1) is 16.9. The van der Waals surface area contributed by atoms with Crippen molar-refractivity contribution in [2.24, 2.45) is 5.92 Å². The summed E-state index contributed by atoms with van der Waals surface area (Å²) in [4.78, 5) is 38.4. The molecule has 0 radical (unpaired) electrons. The van der Waals surface area contributed by atoms with Crippen LogP contribution in [0.2, 0.25) is 0 Å². The first kappa shape index (κ1) is 24.4. The number of benzene rings is 3. The van der Waals surface area contributed by atoms with E-state index in [2.05, 4.69) is 5.32 Å². The van der Waals surface area contributed by atoms with E-state index in [-0.39, 0.29) is 6.42 Å². The maximum absolute atomic E-state index is 13.4. The zero-order valence-electron chi connectivity index (χ0n) is 20.0. The second-order valence-corrected chi connectivity index (χ2v) is 8.88. The number of esters is 3. The van der Waals surface area contributed by atoms with Crippen molar-refractivity contribution in [1.29, 1.82) is 0 Å². The summed E-state index contributed by atoms with van der Waals surface area (Å²) in [6, 6.07) is 22.9. The number of rotatable bonds is 7. The summed E-state index contributed by atoms with van der Waals surface area (Å²) < 4.78 is 15.4. The van der Waals surface area contributed by atoms with Crippen LogP contribution in [0.25, 0.3) is 10.8 Å². The first-order valence-corrected chi connectivity index (χ1v) is 11.5. The second kappa shape index (κ2) is 10.3. The van der Waals surface area contributed by atoms with E-state index in [9.17, 15) is 14.4 Å². The molecule has 4 rings (SSSR count). The molecule has 3 aromatic rings. The van der Waals surface area contributed by atoms with Crippen LogP contribution in [0.4, 0.5) is 0 Å². The van der Waals surface area contributed by atoms with E-state index in [0.29, 0.717) is 6.42 Å². The predicted molar refractivity (Wildman–Crippen MR) is 130 cm³/mol. The number of methoxy groups -OCH3 is 2. The molecule has 35 heavy (non-hydrogen) atoms. The molecule has 4 atom stereocenters. The maximum atomic E-state index is 13.4. The first-order valence-electron chi connectivity index (χ1n) is 11.5. The third-order valence-corrected chi connectivity index (χ3v) is 6.59. The quantitative estimate of drug-likeness (QED) is 0.411. The number of hydrogen-bond acceptors (Lipinski definition) is 7. The van der Waals surface area contributed by atoms with Gasteiger partial charge in [-0.25, -0.2) is 4.79 Å². The Bertz CT molecular complexity index is 1230. The summed E-state index contributed by atoms with van der Waals surface area (Å²) in [7, 11) is 2.58. The van der Waals surface area contributed by atoms with Crippen LogP contribution in [-0.2, 0) is 35.0 Å². The molecule has 1 N–H and O–H groups in total. The van der Waals surface area contributed by atoms with Gasteiger partial charge in [0, 0.05) is 12.5 Å². The number of hydrogen-bond donors (Lipinski definition) is 1. The predicted octanol–water partition coefficient (Wildman–Crippen LogP) is 3.75. The Hall–Kier alpha value is -3.71. The summed E-state index contributed by atoms with van der Waals surface area (Å²) in [5, 5.41) is 5.52. The molecule has 0 aliphatic carbocycles. The standard InChI is InChI=1S/C28H29NO6/c1-18(25(30)33-2)35-26(31)23-17-28(27(32)34-3,16-19-9-5-4-6-10-19)29-24(23)22-14-13-20-11-7-8-12-21(20)15-22/h4-15,18,23-24,29H,16-17H2,1-3H3/t18-,23+,24+,28+/m0/s1. The minimum atomic E-state index is -1.15. The van der Waals surface area contributed by atoms with E-state index >= 15 is 0 Å². The van der Waals surface area contributed by atoms with Crippen molar-refractivity contribution >= 4 is 28.7 Å². The van der Waals surface area contributed by atoms with E-state index in [1.807, 2.05) is 72.8 Å². The second-order valence-electron chi connectivity index (χ2n) is 8.88. The molecule has 1 heterocycles. The van der Waals surface area contributed by atoms with Crippen molar-refractivity contribution in [3.05, 3.63) is 83.9 Å². The van der Waals surface area contributed by atoms with Crippen LogP contribution in [0.15, 0.2) is 72.8 Å². The van der Waals surface area contributed by atoms with Crippen LogP contribution in [0.1, 0.15) is 30.5 Å². The van der Waals surface area contributed by atoms with Crippen LogP contribution < -0.4 is 5.32 Å². The van der Waals surface area contributed by atoms with Crippen molar-refractivity contribution in [3.8, 4) is 0 Å². The number of fused-ring (bicyclic) bond motifs is 1. The normalized spacial score (nSPS) is 22.4. The monoisotopic (exact) mass is 475 g/mol. The van der Waals surface area contributed by atoms with Crippen LogP contribution in [-0.4, -0.2) is 43.8 Å². The molecule has 0 spiro atoms. The third-order valence-electron chi connectivity index (χ3n) is 6.59. The topological polar surface area (TPSA) is 90.9 Å². The highest BCUT2D eigenvalue weighted by atomic mass is 16.6. The van der Waals surface area contributed by atoms with Crippen LogP contribution >= 0.6 is 0 Å². The zero-order valence-corrected chi connectivity index (χ0v) is 20.0. The molecular weight excluding hydrogens is 446 g/mol. The Morgan fingerprint density at radius 3 is 2.31 bits per heavy atom. The van der Waals surface area contributed by atoms with Gasteiger partial charge in [-0.05, 0) is 41.3 Å². The molecule has 0 saturated carbocycles. The molecule has 1 saturated heterocycles. The lowest BCUT2D eigenvalue weighted by molar-refractivity contribution is -0.167. The number of nitrogens with one attached hydrogen (secondary N) is 1. The number of carbonyl (C=O) groups is 3. The van der Waals surface area contributed by atoms with Gasteiger partial charge in [0.1, 0.15) is 5.54 Å². The molecule has 182 valence electrons. The Morgan fingerprint density at radius 2 is 1.63 bits per heavy atom. The average molecular weight is 476 g/mol. The molecular formula is C28H29NO6. The van der Waals surface area contributed by atoms with Gasteiger partial charge < -0.3 is 14.2 Å². The average Bonchev–Trinajstić information content (AvgIpc) is 3.28. The Balaban J connectivity index is 1.74. The molecule has 0 aromatic heterocycles. The van der Waals surface area contributed by atoms with Gasteiger partial charge in [-0.15, -0.1) is 0 Å². The summed E-state index contributed by atoms with van der Waals surface area (Å²) in [5.74, 6) is -2.41. The maximum Gasteiger partial charge on any atom is 0.346 e. The molecule has 0 amide bonds. The van der Waals surface area contributed by atoms with Crippen molar-refractivity contribution in [2.75, 3.05) is 14.2 Å². The van der Waals surface area contributed by atoms with E-state index in [1.54, 1.807) is 0 Å². The molecule has 7 nitrogen and oxygen atoms in total. The lowest BCUT2D eigenvalue weighted by Gasteiger charge is -2.28. The van der Waals surface area contributed by atoms with Crippen molar-refractivity contribution < 1.29 is 28.6 Å². The van der Waals surface area contributed by atoms with Crippen molar-refractivity contribution in [3.63, 3.8) is 0 Å². The molecule has 1 fully saturated rings. The van der Waals surface area contributed by atoms with Gasteiger partial charge in [0.2, 0.25) is 0 Å². The minimum Gasteiger partial charge on any atom is -0.468 e. The van der Waals surface area contributed by atoms with Gasteiger partial charge in [-0.3, -0.25) is 14.9 Å². The lowest BCUT2D eigenvalue weighted by Crippen LogP contribution is -2.50. The van der Waals surface area contributed by atoms with E-state index in [4.69, 9.17) is 14.2 Å². The van der Waals surface area contributed by atoms with Crippen LogP contribution in [0.5, 0.6) is 0 Å². The summed E-state index contributed by atoms with van der Waals surface area (Å²) in [5.41, 5.74) is 0.625. The van der Waals surface area contributed by atoms with E-state index < -0.39 is 41.5 Å². The minimum absolute atomic E-state index is 0.152. The van der Waals surface area contributed by atoms with E-state index in [0.717, 1.165) is 21.9 Å². The van der Waals surface area contributed by atoms with Crippen molar-refractivity contribution in [1.82, 2.24) is 5.32 Å². The van der Waals surface area contributed by atoms with Crippen LogP contribution in [0, 0.1) is 5.92 Å². The Labute approximate surface area is 204 Å². The summed E-state index contributed by atoms with van der Waals surface area (Å²) >= 11 is 0. The van der Waals surface area contributed by atoms with Gasteiger partial charge in [0.25, 0.3) is 0 Å². The Kier molecular flexibility index (Phi) is 7.17. The smallest absolute Gasteiger partial charge is 0.346 e. The molecule has 1 aliphatic rings. The molecule has 3 aromatic carbocycles. The number of carbonyl (C=O) groups excluding carboxylic acids is 3. The molecule has 0 unspecified atom stereocenters. The molecule has 0 bridgehead atoms. The molecule has 7 heteroatoms. The number of ether oxygens (including phenoxy) is 3. The van der Waals surface area contributed by atoms with Gasteiger partial charge in [0.05, 0.1) is 20.1 Å². The summed E-state index contributed by atoms with van der Waals surface area (Å²) in [6.07, 6.45) is -0.577. The zero-order chi connectivity index (χ0) is 25.0. The highest BCUT2D eigenvalue weighted by Crippen LogP contribution is 2.42. The van der Waals surface area contributed by atoms with Crippen LogP contribution in [0.3, 0.4) is 0 Å². The molecule has 1 aliphatic heterocycles. The fraction of sp³-hybridized carbons (Fsp3) is 0.321.